The van der Waals surface area contributed by atoms with E-state index in [4.69, 9.17) is 9.26 Å². The van der Waals surface area contributed by atoms with Crippen LogP contribution < -0.4 is 0 Å². The molecule has 1 aromatic heterocycles. The SMILES string of the molecule is C[C@@H](c1nc(C2CC2)no1)N1CCN(C[C@@H]2CCCO2)CC1. The molecule has 1 aromatic rings. The molecule has 2 atom stereocenters. The van der Waals surface area contributed by atoms with Gasteiger partial charge in [0.05, 0.1) is 12.1 Å². The van der Waals surface area contributed by atoms with Crippen molar-refractivity contribution in [1.29, 1.82) is 0 Å². The van der Waals surface area contributed by atoms with Crippen LogP contribution >= 0.6 is 0 Å². The number of hydrogen-bond donors (Lipinski definition) is 0. The highest BCUT2D eigenvalue weighted by Crippen LogP contribution is 2.38. The van der Waals surface area contributed by atoms with E-state index < -0.39 is 0 Å². The van der Waals surface area contributed by atoms with Crippen molar-refractivity contribution < 1.29 is 9.26 Å². The van der Waals surface area contributed by atoms with Gasteiger partial charge >= 0.3 is 0 Å². The van der Waals surface area contributed by atoms with Gasteiger partial charge in [-0.25, -0.2) is 0 Å². The van der Waals surface area contributed by atoms with Crippen molar-refractivity contribution in [2.24, 2.45) is 0 Å². The van der Waals surface area contributed by atoms with E-state index in [2.05, 4.69) is 26.9 Å². The minimum atomic E-state index is 0.227. The van der Waals surface area contributed by atoms with Crippen LogP contribution in [0.5, 0.6) is 0 Å². The second-order valence-corrected chi connectivity index (χ2v) is 6.91. The lowest BCUT2D eigenvalue weighted by Gasteiger charge is -2.37. The highest BCUT2D eigenvalue weighted by Gasteiger charge is 2.31. The number of piperazine rings is 1. The van der Waals surface area contributed by atoms with E-state index >= 15 is 0 Å². The van der Waals surface area contributed by atoms with Crippen LogP contribution in [0.15, 0.2) is 4.52 Å². The average Bonchev–Trinajstić information content (AvgIpc) is 3.06. The molecule has 0 bridgehead atoms. The maximum Gasteiger partial charge on any atom is 0.243 e. The smallest absolute Gasteiger partial charge is 0.243 e. The van der Waals surface area contributed by atoms with E-state index in [1.54, 1.807) is 0 Å². The van der Waals surface area contributed by atoms with Crippen LogP contribution in [-0.2, 0) is 4.74 Å². The van der Waals surface area contributed by atoms with Gasteiger partial charge in [-0.3, -0.25) is 9.80 Å². The Hall–Kier alpha value is -0.980. The molecule has 0 amide bonds. The Morgan fingerprint density at radius 2 is 2.00 bits per heavy atom. The Kier molecular flexibility index (Phi) is 4.15. The van der Waals surface area contributed by atoms with Gasteiger partial charge in [0.2, 0.25) is 5.89 Å². The van der Waals surface area contributed by atoms with E-state index in [9.17, 15) is 0 Å². The highest BCUT2D eigenvalue weighted by atomic mass is 16.5. The predicted molar refractivity (Wildman–Crippen MR) is 81.7 cm³/mol. The molecule has 0 N–H and O–H groups in total. The average molecular weight is 306 g/mol. The molecule has 2 aliphatic heterocycles. The molecule has 1 saturated carbocycles. The molecule has 0 spiro atoms. The molecular formula is C16H26N4O2. The lowest BCUT2D eigenvalue weighted by molar-refractivity contribution is 0.0379. The summed E-state index contributed by atoms with van der Waals surface area (Å²) >= 11 is 0. The van der Waals surface area contributed by atoms with Crippen LogP contribution in [0.3, 0.4) is 0 Å². The topological polar surface area (TPSA) is 54.6 Å². The van der Waals surface area contributed by atoms with Gasteiger partial charge in [-0.1, -0.05) is 5.16 Å². The third-order valence-corrected chi connectivity index (χ3v) is 5.20. The van der Waals surface area contributed by atoms with Crippen LogP contribution in [0.2, 0.25) is 0 Å². The van der Waals surface area contributed by atoms with Crippen molar-refractivity contribution >= 4 is 0 Å². The first-order valence-corrected chi connectivity index (χ1v) is 8.71. The van der Waals surface area contributed by atoms with Crippen molar-refractivity contribution in [2.75, 3.05) is 39.3 Å². The molecule has 2 saturated heterocycles. The Morgan fingerprint density at radius 3 is 2.68 bits per heavy atom. The van der Waals surface area contributed by atoms with Crippen molar-refractivity contribution in [3.8, 4) is 0 Å². The summed E-state index contributed by atoms with van der Waals surface area (Å²) in [7, 11) is 0. The summed E-state index contributed by atoms with van der Waals surface area (Å²) in [5.41, 5.74) is 0. The summed E-state index contributed by atoms with van der Waals surface area (Å²) < 4.78 is 11.2. The maximum atomic E-state index is 5.74. The zero-order valence-corrected chi connectivity index (χ0v) is 13.4. The summed E-state index contributed by atoms with van der Waals surface area (Å²) in [5.74, 6) is 2.27. The van der Waals surface area contributed by atoms with Crippen LogP contribution in [-0.4, -0.2) is 65.4 Å². The molecule has 3 heterocycles. The fourth-order valence-electron chi connectivity index (χ4n) is 3.49. The number of aromatic nitrogens is 2. The van der Waals surface area contributed by atoms with E-state index in [1.165, 1.54) is 25.7 Å². The van der Waals surface area contributed by atoms with Crippen LogP contribution in [0.1, 0.15) is 56.3 Å². The highest BCUT2D eigenvalue weighted by molar-refractivity contribution is 5.04. The van der Waals surface area contributed by atoms with E-state index in [1.807, 2.05) is 0 Å². The second kappa shape index (κ2) is 6.26. The van der Waals surface area contributed by atoms with Crippen molar-refractivity contribution in [2.45, 2.75) is 50.7 Å². The summed E-state index contributed by atoms with van der Waals surface area (Å²) in [6.45, 7) is 8.56. The molecule has 6 heteroatoms. The maximum absolute atomic E-state index is 5.74. The van der Waals surface area contributed by atoms with Gasteiger partial charge in [0.25, 0.3) is 0 Å². The standard InChI is InChI=1S/C16H26N4O2/c1-12(16-17-15(18-22-16)13-4-5-13)20-8-6-19(7-9-20)11-14-3-2-10-21-14/h12-14H,2-11H2,1H3/t12-,14-/m0/s1. The van der Waals surface area contributed by atoms with Gasteiger partial charge in [-0.15, -0.1) is 0 Å². The van der Waals surface area contributed by atoms with E-state index in [0.29, 0.717) is 12.0 Å². The quantitative estimate of drug-likeness (QED) is 0.827. The molecule has 3 fully saturated rings. The fraction of sp³-hybridized carbons (Fsp3) is 0.875. The van der Waals surface area contributed by atoms with Gasteiger partial charge < -0.3 is 9.26 Å². The van der Waals surface area contributed by atoms with Gasteiger partial charge in [0, 0.05) is 45.2 Å². The van der Waals surface area contributed by atoms with Crippen molar-refractivity contribution in [3.63, 3.8) is 0 Å². The van der Waals surface area contributed by atoms with Crippen LogP contribution in [0, 0.1) is 0 Å². The van der Waals surface area contributed by atoms with Gasteiger partial charge in [-0.2, -0.15) is 4.98 Å². The molecule has 0 unspecified atom stereocenters. The summed E-state index contributed by atoms with van der Waals surface area (Å²) in [6, 6.07) is 0.227. The zero-order chi connectivity index (χ0) is 14.9. The molecule has 3 aliphatic rings. The zero-order valence-electron chi connectivity index (χ0n) is 13.4. The number of rotatable bonds is 5. The molecule has 0 radical (unpaired) electrons. The largest absolute Gasteiger partial charge is 0.377 e. The first-order valence-electron chi connectivity index (χ1n) is 8.71. The lowest BCUT2D eigenvalue weighted by atomic mass is 10.2. The number of nitrogens with zero attached hydrogens (tertiary/aromatic N) is 4. The van der Waals surface area contributed by atoms with Crippen molar-refractivity contribution in [3.05, 3.63) is 11.7 Å². The molecule has 4 rings (SSSR count). The van der Waals surface area contributed by atoms with Gasteiger partial charge in [0.15, 0.2) is 5.82 Å². The lowest BCUT2D eigenvalue weighted by Crippen LogP contribution is -2.49. The summed E-state index contributed by atoms with van der Waals surface area (Å²) in [5, 5.41) is 4.14. The third kappa shape index (κ3) is 3.19. The Morgan fingerprint density at radius 1 is 1.18 bits per heavy atom. The summed E-state index contributed by atoms with van der Waals surface area (Å²) in [6.07, 6.45) is 5.34. The minimum absolute atomic E-state index is 0.227. The monoisotopic (exact) mass is 306 g/mol. The molecule has 122 valence electrons. The normalized spacial score (nSPS) is 29.0. The predicted octanol–water partition coefficient (Wildman–Crippen LogP) is 1.80. The van der Waals surface area contributed by atoms with Crippen molar-refractivity contribution in [1.82, 2.24) is 19.9 Å². The fourth-order valence-corrected chi connectivity index (χ4v) is 3.49. The molecule has 1 aliphatic carbocycles. The van der Waals surface area contributed by atoms with E-state index in [-0.39, 0.29) is 6.04 Å². The van der Waals surface area contributed by atoms with Gasteiger partial charge in [-0.05, 0) is 32.6 Å². The van der Waals surface area contributed by atoms with Crippen LogP contribution in [0.25, 0.3) is 0 Å². The number of ether oxygens (including phenoxy) is 1. The van der Waals surface area contributed by atoms with E-state index in [0.717, 1.165) is 51.0 Å². The number of hydrogen-bond acceptors (Lipinski definition) is 6. The summed E-state index contributed by atoms with van der Waals surface area (Å²) in [4.78, 5) is 9.58. The Balaban J connectivity index is 1.28. The Labute approximate surface area is 131 Å². The molecular weight excluding hydrogens is 280 g/mol. The minimum Gasteiger partial charge on any atom is -0.377 e. The van der Waals surface area contributed by atoms with Crippen LogP contribution in [0.4, 0.5) is 0 Å². The first-order chi connectivity index (χ1) is 10.8. The molecule has 0 aromatic carbocycles. The van der Waals surface area contributed by atoms with Gasteiger partial charge in [0.1, 0.15) is 0 Å². The second-order valence-electron chi connectivity index (χ2n) is 6.91. The first kappa shape index (κ1) is 14.6. The third-order valence-electron chi connectivity index (χ3n) is 5.20. The molecule has 22 heavy (non-hydrogen) atoms. The Bertz CT molecular complexity index is 488. The molecule has 6 nitrogen and oxygen atoms in total.